The van der Waals surface area contributed by atoms with E-state index in [0.717, 1.165) is 46.8 Å². The van der Waals surface area contributed by atoms with Crippen molar-refractivity contribution in [2.24, 2.45) is 0 Å². The van der Waals surface area contributed by atoms with Crippen LogP contribution in [0.15, 0.2) is 5.16 Å². The molecule has 0 unspecified atom stereocenters. The van der Waals surface area contributed by atoms with E-state index < -0.39 is 0 Å². The van der Waals surface area contributed by atoms with Crippen molar-refractivity contribution >= 4 is 39.1 Å². The molecule has 0 saturated heterocycles. The fourth-order valence-electron chi connectivity index (χ4n) is 2.69. The number of ether oxygens (including phenoxy) is 1. The summed E-state index contributed by atoms with van der Waals surface area (Å²) >= 11 is 3.39. The second kappa shape index (κ2) is 6.50. The molecule has 3 heterocycles. The smallest absolute Gasteiger partial charge is 0.190 e. The van der Waals surface area contributed by atoms with Gasteiger partial charge in [-0.05, 0) is 18.4 Å². The molecule has 21 heavy (non-hydrogen) atoms. The Morgan fingerprint density at radius 1 is 1.33 bits per heavy atom. The number of rotatable bonds is 5. The topological polar surface area (TPSA) is 61.0 Å². The summed E-state index contributed by atoms with van der Waals surface area (Å²) in [7, 11) is 0. The normalized spacial score (nSPS) is 18.1. The monoisotopic (exact) mass is 323 g/mol. The molecule has 1 aliphatic rings. The highest BCUT2D eigenvalue weighted by Crippen LogP contribution is 2.38. The van der Waals surface area contributed by atoms with E-state index >= 15 is 0 Å². The molecule has 0 radical (unpaired) electrons. The van der Waals surface area contributed by atoms with Crippen molar-refractivity contribution in [3.63, 3.8) is 0 Å². The van der Waals surface area contributed by atoms with Crippen molar-refractivity contribution in [2.75, 3.05) is 11.5 Å². The summed E-state index contributed by atoms with van der Waals surface area (Å²) < 4.78 is 5.93. The third kappa shape index (κ3) is 3.03. The molecule has 2 N–H and O–H groups in total. The Morgan fingerprint density at radius 3 is 2.95 bits per heavy atom. The first-order chi connectivity index (χ1) is 10.2. The summed E-state index contributed by atoms with van der Waals surface area (Å²) in [5, 5.41) is 1.87. The van der Waals surface area contributed by atoms with Crippen molar-refractivity contribution in [3.8, 4) is 0 Å². The lowest BCUT2D eigenvalue weighted by Gasteiger charge is -2.22. The summed E-state index contributed by atoms with van der Waals surface area (Å²) in [6.07, 6.45) is 4.61. The fourth-order valence-corrected chi connectivity index (χ4v) is 4.58. The van der Waals surface area contributed by atoms with Gasteiger partial charge in [0.15, 0.2) is 5.16 Å². The van der Waals surface area contributed by atoms with Gasteiger partial charge in [-0.25, -0.2) is 9.97 Å². The maximum atomic E-state index is 6.22. The highest BCUT2D eigenvalue weighted by Gasteiger charge is 2.25. The molecule has 0 aromatic carbocycles. The highest BCUT2D eigenvalue weighted by molar-refractivity contribution is 7.99. The first-order valence-corrected chi connectivity index (χ1v) is 9.35. The van der Waals surface area contributed by atoms with Gasteiger partial charge in [-0.2, -0.15) is 0 Å². The van der Waals surface area contributed by atoms with Crippen LogP contribution in [0.1, 0.15) is 43.6 Å². The van der Waals surface area contributed by atoms with Gasteiger partial charge in [0.1, 0.15) is 10.6 Å². The highest BCUT2D eigenvalue weighted by atomic mass is 32.2. The van der Waals surface area contributed by atoms with E-state index in [-0.39, 0.29) is 0 Å². The second-order valence-corrected chi connectivity index (χ2v) is 7.50. The second-order valence-electron chi connectivity index (χ2n) is 5.35. The van der Waals surface area contributed by atoms with Crippen molar-refractivity contribution in [1.82, 2.24) is 9.97 Å². The molecule has 4 nitrogen and oxygen atoms in total. The van der Waals surface area contributed by atoms with Crippen molar-refractivity contribution < 1.29 is 4.74 Å². The predicted octanol–water partition coefficient (Wildman–Crippen LogP) is 4.02. The van der Waals surface area contributed by atoms with E-state index in [4.69, 9.17) is 10.5 Å². The summed E-state index contributed by atoms with van der Waals surface area (Å²) in [5.74, 6) is 1.66. The average molecular weight is 323 g/mol. The number of anilines is 1. The third-order valence-electron chi connectivity index (χ3n) is 3.67. The Kier molecular flexibility index (Phi) is 4.66. The summed E-state index contributed by atoms with van der Waals surface area (Å²) in [6, 6.07) is 0. The molecule has 0 bridgehead atoms. The van der Waals surface area contributed by atoms with Crippen LogP contribution in [0.3, 0.4) is 0 Å². The van der Waals surface area contributed by atoms with Crippen LogP contribution >= 0.6 is 23.1 Å². The minimum absolute atomic E-state index is 0.314. The lowest BCUT2D eigenvalue weighted by atomic mass is 10.0. The Labute approximate surface area is 133 Å². The number of fused-ring (bicyclic) bond motifs is 3. The lowest BCUT2D eigenvalue weighted by Crippen LogP contribution is -2.21. The number of hydrogen-bond donors (Lipinski definition) is 1. The van der Waals surface area contributed by atoms with Crippen LogP contribution < -0.4 is 5.73 Å². The molecule has 2 aromatic heterocycles. The van der Waals surface area contributed by atoms with E-state index in [1.54, 1.807) is 23.1 Å². The Bertz CT molecular complexity index is 641. The van der Waals surface area contributed by atoms with Gasteiger partial charge in [-0.15, -0.1) is 11.3 Å². The molecule has 114 valence electrons. The zero-order valence-electron chi connectivity index (χ0n) is 12.5. The number of thiophene rings is 1. The van der Waals surface area contributed by atoms with Crippen LogP contribution in [-0.4, -0.2) is 21.8 Å². The Balaban J connectivity index is 1.97. The fraction of sp³-hybridized carbons (Fsp3) is 0.600. The van der Waals surface area contributed by atoms with Crippen LogP contribution in [0.25, 0.3) is 10.2 Å². The number of nitrogens with zero attached hydrogens (tertiary/aromatic N) is 2. The van der Waals surface area contributed by atoms with Crippen LogP contribution in [0.2, 0.25) is 0 Å². The lowest BCUT2D eigenvalue weighted by molar-refractivity contribution is 0.0254. The molecule has 0 amide bonds. The van der Waals surface area contributed by atoms with E-state index in [2.05, 4.69) is 23.8 Å². The van der Waals surface area contributed by atoms with Crippen LogP contribution in [0.5, 0.6) is 0 Å². The van der Waals surface area contributed by atoms with Crippen LogP contribution in [0.4, 0.5) is 5.82 Å². The SMILES string of the molecule is CCCSc1nc(N)c2c3c(sc2n1)CO[C@@H](CCC)C3. The van der Waals surface area contributed by atoms with Gasteiger partial charge in [0.25, 0.3) is 0 Å². The van der Waals surface area contributed by atoms with Crippen molar-refractivity contribution in [3.05, 3.63) is 10.4 Å². The third-order valence-corrected chi connectivity index (χ3v) is 5.82. The average Bonchev–Trinajstić information content (AvgIpc) is 2.83. The molecule has 1 atom stereocenters. The predicted molar refractivity (Wildman–Crippen MR) is 90.0 cm³/mol. The van der Waals surface area contributed by atoms with Gasteiger partial charge in [-0.1, -0.05) is 32.0 Å². The molecule has 1 aliphatic heterocycles. The van der Waals surface area contributed by atoms with Gasteiger partial charge in [0.05, 0.1) is 18.1 Å². The molecule has 6 heteroatoms. The molecule has 0 spiro atoms. The largest absolute Gasteiger partial charge is 0.383 e. The number of thioether (sulfide) groups is 1. The number of nitrogens with two attached hydrogens (primary N) is 1. The maximum Gasteiger partial charge on any atom is 0.190 e. The zero-order valence-corrected chi connectivity index (χ0v) is 14.1. The molecule has 0 aliphatic carbocycles. The molecule has 0 fully saturated rings. The molecule has 0 saturated carbocycles. The van der Waals surface area contributed by atoms with Crippen molar-refractivity contribution in [2.45, 2.75) is 57.4 Å². The summed E-state index contributed by atoms with van der Waals surface area (Å²) in [6.45, 7) is 5.04. The number of hydrogen-bond acceptors (Lipinski definition) is 6. The standard InChI is InChI=1S/C15H21N3OS2/c1-3-5-9-7-10-11(8-19-9)21-14-12(10)13(16)17-15(18-14)20-6-4-2/h9H,3-8H2,1-2H3,(H2,16,17,18)/t9-/m0/s1. The minimum Gasteiger partial charge on any atom is -0.383 e. The Morgan fingerprint density at radius 2 is 2.19 bits per heavy atom. The maximum absolute atomic E-state index is 6.22. The van der Waals surface area contributed by atoms with Gasteiger partial charge in [0.2, 0.25) is 0 Å². The van der Waals surface area contributed by atoms with Gasteiger partial charge in [0, 0.05) is 17.1 Å². The van der Waals surface area contributed by atoms with Crippen LogP contribution in [0, 0.1) is 0 Å². The summed E-state index contributed by atoms with van der Waals surface area (Å²) in [4.78, 5) is 11.5. The quantitative estimate of drug-likeness (QED) is 0.665. The first kappa shape index (κ1) is 15.1. The van der Waals surface area contributed by atoms with Gasteiger partial charge in [-0.3, -0.25) is 0 Å². The van der Waals surface area contributed by atoms with E-state index in [0.29, 0.717) is 18.5 Å². The van der Waals surface area contributed by atoms with Gasteiger partial charge >= 0.3 is 0 Å². The minimum atomic E-state index is 0.314. The van der Waals surface area contributed by atoms with E-state index in [1.807, 2.05) is 0 Å². The molecular weight excluding hydrogens is 302 g/mol. The van der Waals surface area contributed by atoms with Gasteiger partial charge < -0.3 is 10.5 Å². The number of aromatic nitrogens is 2. The van der Waals surface area contributed by atoms with E-state index in [1.165, 1.54) is 10.4 Å². The molecular formula is C15H21N3OS2. The first-order valence-electron chi connectivity index (χ1n) is 7.55. The zero-order chi connectivity index (χ0) is 14.8. The Hall–Kier alpha value is -0.850. The van der Waals surface area contributed by atoms with E-state index in [9.17, 15) is 0 Å². The molecule has 2 aromatic rings. The van der Waals surface area contributed by atoms with Crippen molar-refractivity contribution in [1.29, 1.82) is 0 Å². The molecule has 3 rings (SSSR count). The van der Waals surface area contributed by atoms with Crippen LogP contribution in [-0.2, 0) is 17.8 Å². The number of nitrogen functional groups attached to an aromatic ring is 1. The summed E-state index contributed by atoms with van der Waals surface area (Å²) in [5.41, 5.74) is 7.54.